The molecule has 0 amide bonds. The van der Waals surface area contributed by atoms with E-state index in [4.69, 9.17) is 15.6 Å². The number of rotatable bonds is 3. The monoisotopic (exact) mass is 268 g/mol. The number of benzene rings is 1. The third kappa shape index (κ3) is 2.63. The zero-order chi connectivity index (χ0) is 14.2. The van der Waals surface area contributed by atoms with Crippen molar-refractivity contribution in [2.24, 2.45) is 5.41 Å². The van der Waals surface area contributed by atoms with Crippen molar-refractivity contribution in [1.29, 1.82) is 0 Å². The summed E-state index contributed by atoms with van der Waals surface area (Å²) < 4.78 is 19.0. The SMILES string of the molecule is CC1(C)COC[C@H]1Nc1cc(C(=O)O)cc(F)c1N. The van der Waals surface area contributed by atoms with Crippen LogP contribution < -0.4 is 11.1 Å². The molecule has 0 spiro atoms. The van der Waals surface area contributed by atoms with Gasteiger partial charge in [0.25, 0.3) is 0 Å². The van der Waals surface area contributed by atoms with E-state index in [0.717, 1.165) is 6.07 Å². The highest BCUT2D eigenvalue weighted by molar-refractivity contribution is 5.90. The Labute approximate surface area is 110 Å². The molecule has 2 rings (SSSR count). The fraction of sp³-hybridized carbons (Fsp3) is 0.462. The standard InChI is InChI=1S/C13H17FN2O3/c1-13(2)6-19-5-10(13)16-9-4-7(12(17)18)3-8(14)11(9)15/h3-4,10,16H,5-6,15H2,1-2H3,(H,17,18)/t10-/m1/s1. The highest BCUT2D eigenvalue weighted by Crippen LogP contribution is 2.33. The summed E-state index contributed by atoms with van der Waals surface area (Å²) in [6.45, 7) is 5.10. The molecule has 0 aliphatic carbocycles. The number of ether oxygens (including phenoxy) is 1. The van der Waals surface area contributed by atoms with Gasteiger partial charge in [0, 0.05) is 5.41 Å². The summed E-state index contributed by atoms with van der Waals surface area (Å²) in [4.78, 5) is 10.9. The third-order valence-corrected chi connectivity index (χ3v) is 3.41. The summed E-state index contributed by atoms with van der Waals surface area (Å²) in [5.74, 6) is -1.93. The topological polar surface area (TPSA) is 84.6 Å². The molecule has 1 aliphatic heterocycles. The summed E-state index contributed by atoms with van der Waals surface area (Å²) in [5.41, 5.74) is 5.61. The first-order chi connectivity index (χ1) is 8.81. The second-order valence-corrected chi connectivity index (χ2v) is 5.43. The predicted octanol–water partition coefficient (Wildman–Crippen LogP) is 1.94. The number of nitrogens with one attached hydrogen (secondary N) is 1. The van der Waals surface area contributed by atoms with Crippen LogP contribution in [0.2, 0.25) is 0 Å². The first-order valence-corrected chi connectivity index (χ1v) is 5.98. The number of nitrogen functional groups attached to an aromatic ring is 1. The second-order valence-electron chi connectivity index (χ2n) is 5.43. The summed E-state index contributed by atoms with van der Waals surface area (Å²) in [7, 11) is 0. The van der Waals surface area contributed by atoms with Gasteiger partial charge in [-0.1, -0.05) is 13.8 Å². The molecule has 0 unspecified atom stereocenters. The molecule has 1 fully saturated rings. The van der Waals surface area contributed by atoms with Crippen molar-refractivity contribution >= 4 is 17.3 Å². The largest absolute Gasteiger partial charge is 0.478 e. The van der Waals surface area contributed by atoms with Crippen molar-refractivity contribution in [1.82, 2.24) is 0 Å². The zero-order valence-electron chi connectivity index (χ0n) is 10.9. The van der Waals surface area contributed by atoms with E-state index in [1.807, 2.05) is 13.8 Å². The van der Waals surface area contributed by atoms with Gasteiger partial charge in [-0.25, -0.2) is 9.18 Å². The molecule has 0 radical (unpaired) electrons. The maximum absolute atomic E-state index is 13.6. The van der Waals surface area contributed by atoms with Crippen molar-refractivity contribution in [2.45, 2.75) is 19.9 Å². The van der Waals surface area contributed by atoms with Crippen LogP contribution in [0, 0.1) is 11.2 Å². The number of anilines is 2. The zero-order valence-corrected chi connectivity index (χ0v) is 10.9. The molecule has 6 heteroatoms. The van der Waals surface area contributed by atoms with Crippen molar-refractivity contribution in [3.63, 3.8) is 0 Å². The van der Waals surface area contributed by atoms with Crippen LogP contribution in [0.3, 0.4) is 0 Å². The van der Waals surface area contributed by atoms with E-state index < -0.39 is 11.8 Å². The van der Waals surface area contributed by atoms with Gasteiger partial charge >= 0.3 is 5.97 Å². The normalized spacial score (nSPS) is 21.3. The first-order valence-electron chi connectivity index (χ1n) is 5.98. The Kier molecular flexibility index (Phi) is 3.36. The van der Waals surface area contributed by atoms with Crippen molar-refractivity contribution in [2.75, 3.05) is 24.3 Å². The predicted molar refractivity (Wildman–Crippen MR) is 69.8 cm³/mol. The van der Waals surface area contributed by atoms with Gasteiger partial charge in [0.2, 0.25) is 0 Å². The fourth-order valence-corrected chi connectivity index (χ4v) is 2.05. The number of nitrogens with two attached hydrogens (primary N) is 1. The molecule has 1 heterocycles. The first kappa shape index (κ1) is 13.6. The van der Waals surface area contributed by atoms with Crippen LogP contribution in [0.1, 0.15) is 24.2 Å². The van der Waals surface area contributed by atoms with Gasteiger partial charge < -0.3 is 20.9 Å². The molecule has 4 N–H and O–H groups in total. The van der Waals surface area contributed by atoms with Gasteiger partial charge in [-0.2, -0.15) is 0 Å². The van der Waals surface area contributed by atoms with E-state index in [0.29, 0.717) is 18.9 Å². The third-order valence-electron chi connectivity index (χ3n) is 3.41. The molecule has 1 aliphatic rings. The minimum Gasteiger partial charge on any atom is -0.478 e. The van der Waals surface area contributed by atoms with Crippen LogP contribution >= 0.6 is 0 Å². The molecule has 0 bridgehead atoms. The molecule has 1 atom stereocenters. The van der Waals surface area contributed by atoms with Crippen LogP contribution in [0.25, 0.3) is 0 Å². The molecule has 1 aromatic rings. The maximum atomic E-state index is 13.6. The summed E-state index contributed by atoms with van der Waals surface area (Å²) in [5, 5.41) is 12.0. The molecule has 1 aromatic carbocycles. The van der Waals surface area contributed by atoms with E-state index in [1.54, 1.807) is 0 Å². The lowest BCUT2D eigenvalue weighted by Crippen LogP contribution is -2.35. The number of hydrogen-bond donors (Lipinski definition) is 3. The number of hydrogen-bond acceptors (Lipinski definition) is 4. The minimum atomic E-state index is -1.19. The van der Waals surface area contributed by atoms with Crippen molar-refractivity contribution < 1.29 is 19.0 Å². The van der Waals surface area contributed by atoms with Crippen LogP contribution in [0.4, 0.5) is 15.8 Å². The number of aromatic carboxylic acids is 1. The smallest absolute Gasteiger partial charge is 0.335 e. The summed E-state index contributed by atoms with van der Waals surface area (Å²) in [6, 6.07) is 2.21. The molecule has 5 nitrogen and oxygen atoms in total. The molecule has 1 saturated heterocycles. The number of halogens is 1. The van der Waals surface area contributed by atoms with E-state index in [9.17, 15) is 9.18 Å². The quantitative estimate of drug-likeness (QED) is 0.729. The van der Waals surface area contributed by atoms with Gasteiger partial charge in [-0.05, 0) is 12.1 Å². The van der Waals surface area contributed by atoms with Gasteiger partial charge in [-0.3, -0.25) is 0 Å². The Morgan fingerprint density at radius 3 is 2.79 bits per heavy atom. The molecule has 0 saturated carbocycles. The van der Waals surface area contributed by atoms with Gasteiger partial charge in [-0.15, -0.1) is 0 Å². The van der Waals surface area contributed by atoms with E-state index >= 15 is 0 Å². The van der Waals surface area contributed by atoms with Crippen LogP contribution in [-0.4, -0.2) is 30.3 Å². The van der Waals surface area contributed by atoms with Crippen molar-refractivity contribution in [3.05, 3.63) is 23.5 Å². The number of carbonyl (C=O) groups is 1. The number of carboxylic acids is 1. The highest BCUT2D eigenvalue weighted by atomic mass is 19.1. The van der Waals surface area contributed by atoms with Crippen LogP contribution in [0.15, 0.2) is 12.1 Å². The lowest BCUT2D eigenvalue weighted by Gasteiger charge is -2.27. The average Bonchev–Trinajstić information content (AvgIpc) is 2.64. The lowest BCUT2D eigenvalue weighted by atomic mass is 9.87. The average molecular weight is 268 g/mol. The second kappa shape index (κ2) is 4.70. The van der Waals surface area contributed by atoms with E-state index in [1.165, 1.54) is 6.07 Å². The minimum absolute atomic E-state index is 0.0433. The Bertz CT molecular complexity index is 517. The summed E-state index contributed by atoms with van der Waals surface area (Å²) in [6.07, 6.45) is 0. The van der Waals surface area contributed by atoms with Crippen LogP contribution in [0.5, 0.6) is 0 Å². The Hall–Kier alpha value is -1.82. The fourth-order valence-electron chi connectivity index (χ4n) is 2.05. The van der Waals surface area contributed by atoms with E-state index in [-0.39, 0.29) is 22.7 Å². The summed E-state index contributed by atoms with van der Waals surface area (Å²) >= 11 is 0. The molecule has 19 heavy (non-hydrogen) atoms. The number of carboxylic acid groups (broad SMARTS) is 1. The van der Waals surface area contributed by atoms with E-state index in [2.05, 4.69) is 5.32 Å². The lowest BCUT2D eigenvalue weighted by molar-refractivity contribution is 0.0696. The van der Waals surface area contributed by atoms with Crippen LogP contribution in [-0.2, 0) is 4.74 Å². The Morgan fingerprint density at radius 1 is 1.58 bits per heavy atom. The molecule has 104 valence electrons. The molecular weight excluding hydrogens is 251 g/mol. The molecular formula is C13H17FN2O3. The van der Waals surface area contributed by atoms with Gasteiger partial charge in [0.05, 0.1) is 36.2 Å². The Balaban J connectivity index is 2.32. The highest BCUT2D eigenvalue weighted by Gasteiger charge is 2.36. The maximum Gasteiger partial charge on any atom is 0.335 e. The van der Waals surface area contributed by atoms with Crippen molar-refractivity contribution in [3.8, 4) is 0 Å². The van der Waals surface area contributed by atoms with Gasteiger partial charge in [0.15, 0.2) is 0 Å². The Morgan fingerprint density at radius 2 is 2.26 bits per heavy atom. The molecule has 0 aromatic heterocycles. The van der Waals surface area contributed by atoms with Gasteiger partial charge in [0.1, 0.15) is 5.82 Å².